The van der Waals surface area contributed by atoms with E-state index >= 15 is 0 Å². The number of aryl methyl sites for hydroxylation is 1. The minimum Gasteiger partial charge on any atom is -0.494 e. The Morgan fingerprint density at radius 1 is 0.909 bits per heavy atom. The van der Waals surface area contributed by atoms with Crippen LogP contribution < -0.4 is 8.92 Å². The van der Waals surface area contributed by atoms with Crippen molar-refractivity contribution < 1.29 is 17.3 Å². The summed E-state index contributed by atoms with van der Waals surface area (Å²) < 4.78 is 33.1. The van der Waals surface area contributed by atoms with Crippen LogP contribution in [0.2, 0.25) is 0 Å². The third kappa shape index (κ3) is 5.77. The SMILES string of the molecule is CS(=O)(=O)Oc1ccccc1CCCCOc1ccccc1. The van der Waals surface area contributed by atoms with Crippen LogP contribution in [0.25, 0.3) is 0 Å². The van der Waals surface area contributed by atoms with Gasteiger partial charge < -0.3 is 8.92 Å². The zero-order valence-corrected chi connectivity index (χ0v) is 13.4. The predicted octanol–water partition coefficient (Wildman–Crippen LogP) is 3.43. The molecule has 0 radical (unpaired) electrons. The molecule has 0 heterocycles. The van der Waals surface area contributed by atoms with Gasteiger partial charge >= 0.3 is 10.1 Å². The number of unbranched alkanes of at least 4 members (excludes halogenated alkanes) is 1. The maximum Gasteiger partial charge on any atom is 0.306 e. The van der Waals surface area contributed by atoms with Gasteiger partial charge in [0.1, 0.15) is 11.5 Å². The van der Waals surface area contributed by atoms with Crippen molar-refractivity contribution >= 4 is 10.1 Å². The third-order valence-corrected chi connectivity index (χ3v) is 3.55. The van der Waals surface area contributed by atoms with Crippen LogP contribution in [0.1, 0.15) is 18.4 Å². The third-order valence-electron chi connectivity index (χ3n) is 3.07. The highest BCUT2D eigenvalue weighted by Gasteiger charge is 2.08. The molecule has 0 N–H and O–H groups in total. The van der Waals surface area contributed by atoms with Crippen LogP contribution in [-0.4, -0.2) is 21.3 Å². The fourth-order valence-electron chi connectivity index (χ4n) is 2.08. The lowest BCUT2D eigenvalue weighted by Gasteiger charge is -2.09. The molecule has 0 aliphatic rings. The molecule has 2 rings (SSSR count). The highest BCUT2D eigenvalue weighted by molar-refractivity contribution is 7.86. The van der Waals surface area contributed by atoms with E-state index in [-0.39, 0.29) is 0 Å². The van der Waals surface area contributed by atoms with E-state index in [1.807, 2.05) is 42.5 Å². The quantitative estimate of drug-likeness (QED) is 0.552. The monoisotopic (exact) mass is 320 g/mol. The Bertz CT molecular complexity index is 681. The Balaban J connectivity index is 1.79. The van der Waals surface area contributed by atoms with Gasteiger partial charge in [-0.15, -0.1) is 0 Å². The molecule has 2 aromatic rings. The average Bonchev–Trinajstić information content (AvgIpc) is 2.48. The van der Waals surface area contributed by atoms with Crippen LogP contribution in [0.3, 0.4) is 0 Å². The van der Waals surface area contributed by atoms with Crippen molar-refractivity contribution in [2.24, 2.45) is 0 Å². The largest absolute Gasteiger partial charge is 0.494 e. The minimum atomic E-state index is -3.50. The predicted molar refractivity (Wildman–Crippen MR) is 86.8 cm³/mol. The first-order valence-corrected chi connectivity index (χ1v) is 9.01. The van der Waals surface area contributed by atoms with Gasteiger partial charge in [0, 0.05) is 0 Å². The molecule has 0 fully saturated rings. The number of ether oxygens (including phenoxy) is 1. The topological polar surface area (TPSA) is 52.6 Å². The van der Waals surface area contributed by atoms with Gasteiger partial charge in [0.25, 0.3) is 0 Å². The molecule has 0 aliphatic carbocycles. The van der Waals surface area contributed by atoms with Gasteiger partial charge in [-0.3, -0.25) is 0 Å². The van der Waals surface area contributed by atoms with E-state index < -0.39 is 10.1 Å². The summed E-state index contributed by atoms with van der Waals surface area (Å²) in [6.45, 7) is 0.638. The summed E-state index contributed by atoms with van der Waals surface area (Å²) in [4.78, 5) is 0. The van der Waals surface area contributed by atoms with Crippen molar-refractivity contribution in [2.75, 3.05) is 12.9 Å². The van der Waals surface area contributed by atoms with Gasteiger partial charge in [0.2, 0.25) is 0 Å². The van der Waals surface area contributed by atoms with Gasteiger partial charge in [-0.25, -0.2) is 0 Å². The fraction of sp³-hybridized carbons (Fsp3) is 0.294. The summed E-state index contributed by atoms with van der Waals surface area (Å²) in [5.41, 5.74) is 0.896. The molecular formula is C17H20O4S. The molecule has 0 bridgehead atoms. The molecule has 0 atom stereocenters. The van der Waals surface area contributed by atoms with Crippen LogP contribution in [-0.2, 0) is 16.5 Å². The average molecular weight is 320 g/mol. The van der Waals surface area contributed by atoms with E-state index in [1.165, 1.54) is 0 Å². The lowest BCUT2D eigenvalue weighted by molar-refractivity contribution is 0.307. The van der Waals surface area contributed by atoms with Gasteiger partial charge in [0.05, 0.1) is 12.9 Å². The van der Waals surface area contributed by atoms with Crippen molar-refractivity contribution in [1.82, 2.24) is 0 Å². The van der Waals surface area contributed by atoms with Gasteiger partial charge in [0.15, 0.2) is 0 Å². The summed E-state index contributed by atoms with van der Waals surface area (Å²) in [7, 11) is -3.50. The van der Waals surface area contributed by atoms with E-state index in [9.17, 15) is 8.42 Å². The Morgan fingerprint density at radius 2 is 1.59 bits per heavy atom. The summed E-state index contributed by atoms with van der Waals surface area (Å²) in [6, 6.07) is 16.9. The second kappa shape index (κ2) is 7.84. The highest BCUT2D eigenvalue weighted by Crippen LogP contribution is 2.21. The van der Waals surface area contributed by atoms with Crippen LogP contribution >= 0.6 is 0 Å². The fourth-order valence-corrected chi connectivity index (χ4v) is 2.57. The molecular weight excluding hydrogens is 300 g/mol. The summed E-state index contributed by atoms with van der Waals surface area (Å²) in [5, 5.41) is 0. The maximum atomic E-state index is 11.2. The summed E-state index contributed by atoms with van der Waals surface area (Å²) in [6.07, 6.45) is 3.60. The number of benzene rings is 2. The van der Waals surface area contributed by atoms with Crippen LogP contribution in [0.5, 0.6) is 11.5 Å². The molecule has 0 aromatic heterocycles. The zero-order valence-electron chi connectivity index (χ0n) is 12.6. The van der Waals surface area contributed by atoms with E-state index in [1.54, 1.807) is 12.1 Å². The second-order valence-corrected chi connectivity index (χ2v) is 6.59. The zero-order chi connectivity index (χ0) is 15.8. The Kier molecular flexibility index (Phi) is 5.83. The smallest absolute Gasteiger partial charge is 0.306 e. The van der Waals surface area contributed by atoms with E-state index in [0.717, 1.165) is 36.8 Å². The minimum absolute atomic E-state index is 0.411. The van der Waals surface area contributed by atoms with Crippen molar-refractivity contribution in [3.8, 4) is 11.5 Å². The van der Waals surface area contributed by atoms with Gasteiger partial charge in [-0.2, -0.15) is 8.42 Å². The van der Waals surface area contributed by atoms with Gasteiger partial charge in [-0.05, 0) is 43.0 Å². The van der Waals surface area contributed by atoms with E-state index in [0.29, 0.717) is 12.4 Å². The van der Waals surface area contributed by atoms with Crippen molar-refractivity contribution in [1.29, 1.82) is 0 Å². The number of para-hydroxylation sites is 2. The Labute approximate surface area is 131 Å². The molecule has 4 nitrogen and oxygen atoms in total. The summed E-state index contributed by atoms with van der Waals surface area (Å²) >= 11 is 0. The first-order valence-electron chi connectivity index (χ1n) is 7.20. The van der Waals surface area contributed by atoms with Crippen molar-refractivity contribution in [3.63, 3.8) is 0 Å². The molecule has 22 heavy (non-hydrogen) atoms. The Morgan fingerprint density at radius 3 is 2.32 bits per heavy atom. The molecule has 0 aliphatic heterocycles. The molecule has 0 saturated heterocycles. The second-order valence-electron chi connectivity index (χ2n) is 5.01. The van der Waals surface area contributed by atoms with Crippen LogP contribution in [0, 0.1) is 0 Å². The summed E-state index contributed by atoms with van der Waals surface area (Å²) in [5.74, 6) is 1.28. The highest BCUT2D eigenvalue weighted by atomic mass is 32.2. The van der Waals surface area contributed by atoms with Crippen molar-refractivity contribution in [2.45, 2.75) is 19.3 Å². The van der Waals surface area contributed by atoms with E-state index in [4.69, 9.17) is 8.92 Å². The standard InChI is InChI=1S/C17H20O4S/c1-22(18,19)21-17-13-6-5-9-15(17)10-7-8-14-20-16-11-3-2-4-12-16/h2-6,9,11-13H,7-8,10,14H2,1H3. The normalized spacial score (nSPS) is 11.1. The molecule has 5 heteroatoms. The first-order chi connectivity index (χ1) is 10.5. The van der Waals surface area contributed by atoms with Gasteiger partial charge in [-0.1, -0.05) is 36.4 Å². The lowest BCUT2D eigenvalue weighted by atomic mass is 10.1. The molecule has 0 unspecified atom stereocenters. The molecule has 0 amide bonds. The Hall–Kier alpha value is -2.01. The maximum absolute atomic E-state index is 11.2. The molecule has 2 aromatic carbocycles. The van der Waals surface area contributed by atoms with E-state index in [2.05, 4.69) is 0 Å². The van der Waals surface area contributed by atoms with Crippen LogP contribution in [0.4, 0.5) is 0 Å². The number of hydrogen-bond donors (Lipinski definition) is 0. The van der Waals surface area contributed by atoms with Crippen LogP contribution in [0.15, 0.2) is 54.6 Å². The first kappa shape index (κ1) is 16.4. The molecule has 0 saturated carbocycles. The lowest BCUT2D eigenvalue weighted by Crippen LogP contribution is -2.07. The van der Waals surface area contributed by atoms with Crippen molar-refractivity contribution in [3.05, 3.63) is 60.2 Å². The molecule has 0 spiro atoms. The number of hydrogen-bond acceptors (Lipinski definition) is 4. The number of rotatable bonds is 8. The molecule has 118 valence electrons.